The van der Waals surface area contributed by atoms with Crippen molar-refractivity contribution in [2.45, 2.75) is 13.5 Å². The maximum atomic E-state index is 5.23. The molecule has 0 amide bonds. The second-order valence-corrected chi connectivity index (χ2v) is 3.58. The molecule has 5 heteroatoms. The van der Waals surface area contributed by atoms with E-state index in [2.05, 4.69) is 20.3 Å². The Hall–Kier alpha value is -2.17. The third-order valence-corrected chi connectivity index (χ3v) is 2.33. The Morgan fingerprint density at radius 1 is 1.35 bits per heavy atom. The third kappa shape index (κ3) is 2.90. The predicted molar refractivity (Wildman–Crippen MR) is 64.9 cm³/mol. The fourth-order valence-corrected chi connectivity index (χ4v) is 1.46. The van der Waals surface area contributed by atoms with Crippen molar-refractivity contribution in [2.75, 3.05) is 12.4 Å². The second-order valence-electron chi connectivity index (χ2n) is 3.58. The van der Waals surface area contributed by atoms with Crippen molar-refractivity contribution in [1.82, 2.24) is 15.0 Å². The predicted octanol–water partition coefficient (Wildman–Crippen LogP) is 1.80. The first kappa shape index (κ1) is 11.3. The Labute approximate surface area is 99.9 Å². The summed E-state index contributed by atoms with van der Waals surface area (Å²) in [6.45, 7) is 2.57. The summed E-state index contributed by atoms with van der Waals surface area (Å²) in [5, 5.41) is 3.27. The average molecular weight is 230 g/mol. The molecule has 0 aliphatic carbocycles. The molecule has 1 N–H and O–H groups in total. The number of nitrogens with zero attached hydrogens (tertiary/aromatic N) is 3. The van der Waals surface area contributed by atoms with Crippen molar-refractivity contribution >= 4 is 5.69 Å². The number of methoxy groups -OCH3 is 1. The molecular weight excluding hydrogens is 216 g/mol. The van der Waals surface area contributed by atoms with Crippen molar-refractivity contribution in [2.24, 2.45) is 0 Å². The first-order chi connectivity index (χ1) is 8.29. The first-order valence-corrected chi connectivity index (χ1v) is 5.29. The molecule has 0 aromatic carbocycles. The molecule has 0 unspecified atom stereocenters. The lowest BCUT2D eigenvalue weighted by molar-refractivity contribution is 0.414. The van der Waals surface area contributed by atoms with Crippen LogP contribution in [-0.4, -0.2) is 22.1 Å². The van der Waals surface area contributed by atoms with Gasteiger partial charge in [-0.25, -0.2) is 9.97 Å². The summed E-state index contributed by atoms with van der Waals surface area (Å²) >= 11 is 0. The van der Waals surface area contributed by atoms with Crippen LogP contribution >= 0.6 is 0 Å². The van der Waals surface area contributed by atoms with Crippen molar-refractivity contribution in [3.05, 3.63) is 42.2 Å². The third-order valence-electron chi connectivity index (χ3n) is 2.33. The molecule has 0 saturated carbocycles. The zero-order chi connectivity index (χ0) is 12.1. The molecule has 0 radical (unpaired) electrons. The number of nitrogens with one attached hydrogen (secondary N) is 1. The van der Waals surface area contributed by atoms with Gasteiger partial charge < -0.3 is 10.1 Å². The number of aryl methyl sites for hydroxylation is 1. The smallest absolute Gasteiger partial charge is 0.160 e. The summed E-state index contributed by atoms with van der Waals surface area (Å²) in [5.41, 5.74) is 2.78. The lowest BCUT2D eigenvalue weighted by atomic mass is 10.3. The minimum atomic E-state index is 0.627. The summed E-state index contributed by atoms with van der Waals surface area (Å²) in [7, 11) is 1.63. The van der Waals surface area contributed by atoms with Crippen LogP contribution in [0.4, 0.5) is 5.69 Å². The molecule has 0 aliphatic rings. The van der Waals surface area contributed by atoms with E-state index in [1.807, 2.05) is 19.1 Å². The number of pyridine rings is 1. The molecule has 2 heterocycles. The first-order valence-electron chi connectivity index (χ1n) is 5.29. The van der Waals surface area contributed by atoms with Gasteiger partial charge in [-0.3, -0.25) is 4.98 Å². The highest BCUT2D eigenvalue weighted by atomic mass is 16.5. The second kappa shape index (κ2) is 5.25. The highest BCUT2D eigenvalue weighted by Crippen LogP contribution is 2.23. The zero-order valence-electron chi connectivity index (χ0n) is 9.84. The molecule has 5 nitrogen and oxygen atoms in total. The van der Waals surface area contributed by atoms with Crippen LogP contribution in [0.25, 0.3) is 0 Å². The molecule has 0 fully saturated rings. The van der Waals surface area contributed by atoms with Crippen LogP contribution in [0, 0.1) is 6.92 Å². The van der Waals surface area contributed by atoms with Gasteiger partial charge in [-0.05, 0) is 19.1 Å². The van der Waals surface area contributed by atoms with Crippen molar-refractivity contribution in [3.63, 3.8) is 0 Å². The molecule has 2 aromatic heterocycles. The minimum absolute atomic E-state index is 0.627. The van der Waals surface area contributed by atoms with E-state index in [4.69, 9.17) is 4.74 Å². The van der Waals surface area contributed by atoms with E-state index >= 15 is 0 Å². The Bertz CT molecular complexity index is 487. The van der Waals surface area contributed by atoms with Gasteiger partial charge in [0.15, 0.2) is 5.75 Å². The van der Waals surface area contributed by atoms with E-state index in [9.17, 15) is 0 Å². The normalized spacial score (nSPS) is 10.0. The molecule has 88 valence electrons. The van der Waals surface area contributed by atoms with E-state index in [1.165, 1.54) is 6.33 Å². The largest absolute Gasteiger partial charge is 0.493 e. The van der Waals surface area contributed by atoms with Gasteiger partial charge >= 0.3 is 0 Å². The van der Waals surface area contributed by atoms with Crippen LogP contribution in [0.3, 0.4) is 0 Å². The van der Waals surface area contributed by atoms with Gasteiger partial charge in [0, 0.05) is 11.9 Å². The van der Waals surface area contributed by atoms with E-state index in [1.54, 1.807) is 19.5 Å². The molecular formula is C12H14N4O. The molecule has 2 rings (SSSR count). The number of anilines is 1. The fraction of sp³-hybridized carbons (Fsp3) is 0.250. The van der Waals surface area contributed by atoms with Gasteiger partial charge in [0.25, 0.3) is 0 Å². The number of ether oxygens (including phenoxy) is 1. The molecule has 0 bridgehead atoms. The van der Waals surface area contributed by atoms with Crippen LogP contribution < -0.4 is 10.1 Å². The quantitative estimate of drug-likeness (QED) is 0.867. The molecule has 0 spiro atoms. The van der Waals surface area contributed by atoms with Crippen LogP contribution in [0.2, 0.25) is 0 Å². The van der Waals surface area contributed by atoms with Gasteiger partial charge in [-0.2, -0.15) is 0 Å². The maximum absolute atomic E-state index is 5.23. The summed E-state index contributed by atoms with van der Waals surface area (Å²) in [6.07, 6.45) is 4.96. The number of aromatic nitrogens is 3. The van der Waals surface area contributed by atoms with Crippen molar-refractivity contribution in [3.8, 4) is 5.75 Å². The number of hydrogen-bond acceptors (Lipinski definition) is 5. The molecule has 0 atom stereocenters. The van der Waals surface area contributed by atoms with Crippen LogP contribution in [-0.2, 0) is 6.54 Å². The Morgan fingerprint density at radius 3 is 2.94 bits per heavy atom. The standard InChI is InChI=1S/C12H14N4O/c1-9-5-11(12(17-2)7-14-9)15-6-10-3-4-13-8-16-10/h3-5,7-8H,6H2,1-2H3,(H,14,15). The monoisotopic (exact) mass is 230 g/mol. The van der Waals surface area contributed by atoms with Gasteiger partial charge in [-0.1, -0.05) is 0 Å². The van der Waals surface area contributed by atoms with Crippen molar-refractivity contribution in [1.29, 1.82) is 0 Å². The molecule has 0 saturated heterocycles. The topological polar surface area (TPSA) is 59.9 Å². The SMILES string of the molecule is COc1cnc(C)cc1NCc1ccncn1. The number of rotatable bonds is 4. The van der Waals surface area contributed by atoms with Crippen LogP contribution in [0.15, 0.2) is 30.9 Å². The highest BCUT2D eigenvalue weighted by Gasteiger charge is 2.03. The lowest BCUT2D eigenvalue weighted by Gasteiger charge is -2.10. The summed E-state index contributed by atoms with van der Waals surface area (Å²) < 4.78 is 5.23. The van der Waals surface area contributed by atoms with E-state index in [-0.39, 0.29) is 0 Å². The van der Waals surface area contributed by atoms with E-state index < -0.39 is 0 Å². The fourth-order valence-electron chi connectivity index (χ4n) is 1.46. The maximum Gasteiger partial charge on any atom is 0.160 e. The van der Waals surface area contributed by atoms with Gasteiger partial charge in [0.2, 0.25) is 0 Å². The van der Waals surface area contributed by atoms with Crippen LogP contribution in [0.5, 0.6) is 5.75 Å². The van der Waals surface area contributed by atoms with E-state index in [0.29, 0.717) is 6.54 Å². The minimum Gasteiger partial charge on any atom is -0.493 e. The average Bonchev–Trinajstić information content (AvgIpc) is 2.38. The van der Waals surface area contributed by atoms with Gasteiger partial charge in [-0.15, -0.1) is 0 Å². The molecule has 2 aromatic rings. The van der Waals surface area contributed by atoms with Crippen molar-refractivity contribution < 1.29 is 4.74 Å². The molecule has 0 aliphatic heterocycles. The Morgan fingerprint density at radius 2 is 2.24 bits per heavy atom. The summed E-state index contributed by atoms with van der Waals surface area (Å²) in [4.78, 5) is 12.2. The van der Waals surface area contributed by atoms with Crippen LogP contribution in [0.1, 0.15) is 11.4 Å². The van der Waals surface area contributed by atoms with Gasteiger partial charge in [0.05, 0.1) is 31.2 Å². The number of hydrogen-bond donors (Lipinski definition) is 1. The Balaban J connectivity index is 2.11. The van der Waals surface area contributed by atoms with E-state index in [0.717, 1.165) is 22.8 Å². The zero-order valence-corrected chi connectivity index (χ0v) is 9.84. The summed E-state index contributed by atoms with van der Waals surface area (Å²) in [5.74, 6) is 0.727. The summed E-state index contributed by atoms with van der Waals surface area (Å²) in [6, 6.07) is 3.81. The molecule has 17 heavy (non-hydrogen) atoms. The highest BCUT2D eigenvalue weighted by molar-refractivity contribution is 5.55. The lowest BCUT2D eigenvalue weighted by Crippen LogP contribution is -2.04. The Kier molecular flexibility index (Phi) is 3.49. The van der Waals surface area contributed by atoms with Gasteiger partial charge in [0.1, 0.15) is 6.33 Å².